The number of nitrogens with one attached hydrogen (secondary N) is 2. The average molecular weight is 522 g/mol. The topological polar surface area (TPSA) is 86.8 Å². The second kappa shape index (κ2) is 11.4. The number of methoxy groups -OCH3 is 1. The third-order valence-electron chi connectivity index (χ3n) is 7.05. The summed E-state index contributed by atoms with van der Waals surface area (Å²) in [5.74, 6) is 0.534. The smallest absolute Gasteiger partial charge is 0.241 e. The van der Waals surface area contributed by atoms with Gasteiger partial charge >= 0.3 is 0 Å². The van der Waals surface area contributed by atoms with Crippen molar-refractivity contribution in [2.75, 3.05) is 50.5 Å². The Morgan fingerprint density at radius 3 is 2.70 bits per heavy atom. The summed E-state index contributed by atoms with van der Waals surface area (Å²) in [5, 5.41) is 7.89. The van der Waals surface area contributed by atoms with E-state index in [1.807, 2.05) is 29.2 Å². The first kappa shape index (κ1) is 25.3. The van der Waals surface area contributed by atoms with Crippen LogP contribution in [0.5, 0.6) is 5.75 Å². The van der Waals surface area contributed by atoms with Crippen LogP contribution in [0, 0.1) is 0 Å². The number of piperidine rings is 1. The fourth-order valence-electron chi connectivity index (χ4n) is 5.17. The first-order valence-corrected chi connectivity index (χ1v) is 13.2. The zero-order valence-corrected chi connectivity index (χ0v) is 21.8. The molecule has 0 spiro atoms. The van der Waals surface area contributed by atoms with Crippen molar-refractivity contribution in [2.45, 2.75) is 32.2 Å². The summed E-state index contributed by atoms with van der Waals surface area (Å²) >= 11 is 6.11. The van der Waals surface area contributed by atoms with Crippen molar-refractivity contribution >= 4 is 45.7 Å². The third-order valence-corrected chi connectivity index (χ3v) is 7.29. The molecule has 194 valence electrons. The minimum absolute atomic E-state index is 0.122. The molecule has 2 amide bonds. The summed E-state index contributed by atoms with van der Waals surface area (Å²) in [5.41, 5.74) is 4.45. The molecule has 8 nitrogen and oxygen atoms in total. The molecule has 1 fully saturated rings. The van der Waals surface area contributed by atoms with Gasteiger partial charge in [-0.2, -0.15) is 0 Å². The first-order valence-electron chi connectivity index (χ1n) is 12.8. The molecule has 0 aliphatic carbocycles. The van der Waals surface area contributed by atoms with Crippen molar-refractivity contribution in [3.8, 4) is 5.75 Å². The van der Waals surface area contributed by atoms with Crippen LogP contribution < -0.4 is 15.4 Å². The number of halogens is 1. The molecule has 3 aromatic rings. The minimum atomic E-state index is -0.146. The van der Waals surface area contributed by atoms with E-state index in [-0.39, 0.29) is 24.9 Å². The fraction of sp³-hybridized carbons (Fsp3) is 0.393. The molecule has 0 bridgehead atoms. The maximum absolute atomic E-state index is 12.9. The van der Waals surface area contributed by atoms with Gasteiger partial charge in [0.25, 0.3) is 0 Å². The van der Waals surface area contributed by atoms with E-state index < -0.39 is 0 Å². The molecule has 2 aliphatic rings. The van der Waals surface area contributed by atoms with E-state index in [9.17, 15) is 9.59 Å². The standard InChI is InChI=1S/C28H32ClN5O3/c1-37-25-10-9-19(29)15-24(25)32-26(35)18-33-14-11-23-21(17-33)28(20-7-3-4-8-22(20)31-23)30-16-27(36)34-12-5-2-6-13-34/h3-4,7-10,15H,2,5-6,11-14,16-18H2,1H3,(H,30,31)(H,32,35). The van der Waals surface area contributed by atoms with Crippen molar-refractivity contribution in [1.29, 1.82) is 0 Å². The van der Waals surface area contributed by atoms with Crippen LogP contribution in [-0.2, 0) is 22.6 Å². The van der Waals surface area contributed by atoms with E-state index in [0.717, 1.165) is 60.2 Å². The normalized spacial score (nSPS) is 15.8. The van der Waals surface area contributed by atoms with Crippen LogP contribution >= 0.6 is 11.6 Å². The molecule has 9 heteroatoms. The summed E-state index contributed by atoms with van der Waals surface area (Å²) in [4.78, 5) is 34.8. The van der Waals surface area contributed by atoms with Crippen molar-refractivity contribution < 1.29 is 14.3 Å². The lowest BCUT2D eigenvalue weighted by atomic mass is 9.99. The monoisotopic (exact) mass is 521 g/mol. The number of rotatable bonds is 7. The highest BCUT2D eigenvalue weighted by Crippen LogP contribution is 2.33. The highest BCUT2D eigenvalue weighted by Gasteiger charge is 2.25. The van der Waals surface area contributed by atoms with E-state index in [2.05, 4.69) is 15.5 Å². The van der Waals surface area contributed by atoms with Crippen LogP contribution in [0.15, 0.2) is 42.5 Å². The van der Waals surface area contributed by atoms with Gasteiger partial charge in [0.15, 0.2) is 0 Å². The molecule has 3 heterocycles. The maximum atomic E-state index is 12.9. The maximum Gasteiger partial charge on any atom is 0.241 e. The number of hydrogen-bond acceptors (Lipinski definition) is 6. The van der Waals surface area contributed by atoms with Gasteiger partial charge in [0.2, 0.25) is 11.8 Å². The molecule has 2 aromatic carbocycles. The quantitative estimate of drug-likeness (QED) is 0.481. The van der Waals surface area contributed by atoms with Gasteiger partial charge in [-0.25, -0.2) is 0 Å². The van der Waals surface area contributed by atoms with Crippen LogP contribution in [0.2, 0.25) is 5.02 Å². The predicted octanol–water partition coefficient (Wildman–Crippen LogP) is 4.32. The third kappa shape index (κ3) is 5.81. The van der Waals surface area contributed by atoms with E-state index >= 15 is 0 Å². The lowest BCUT2D eigenvalue weighted by Gasteiger charge is -2.31. The van der Waals surface area contributed by atoms with Gasteiger partial charge in [-0.05, 0) is 43.5 Å². The Kier molecular flexibility index (Phi) is 7.76. The van der Waals surface area contributed by atoms with Gasteiger partial charge in [0.05, 0.1) is 37.1 Å². The molecule has 0 radical (unpaired) electrons. The Morgan fingerprint density at radius 2 is 1.89 bits per heavy atom. The fourth-order valence-corrected chi connectivity index (χ4v) is 5.34. The highest BCUT2D eigenvalue weighted by molar-refractivity contribution is 6.31. The average Bonchev–Trinajstić information content (AvgIpc) is 2.91. The van der Waals surface area contributed by atoms with Gasteiger partial charge in [-0.1, -0.05) is 29.8 Å². The number of nitrogens with zero attached hydrogens (tertiary/aromatic N) is 3. The van der Waals surface area contributed by atoms with Crippen LogP contribution in [0.3, 0.4) is 0 Å². The van der Waals surface area contributed by atoms with Gasteiger partial charge in [-0.15, -0.1) is 0 Å². The summed E-state index contributed by atoms with van der Waals surface area (Å²) in [6.07, 6.45) is 4.05. The zero-order chi connectivity index (χ0) is 25.8. The van der Waals surface area contributed by atoms with Crippen molar-refractivity contribution in [1.82, 2.24) is 14.8 Å². The van der Waals surface area contributed by atoms with Crippen molar-refractivity contribution in [2.24, 2.45) is 0 Å². The largest absolute Gasteiger partial charge is 0.495 e. The molecular weight excluding hydrogens is 490 g/mol. The summed E-state index contributed by atoms with van der Waals surface area (Å²) < 4.78 is 5.35. The lowest BCUT2D eigenvalue weighted by molar-refractivity contribution is -0.130. The van der Waals surface area contributed by atoms with Crippen LogP contribution in [0.1, 0.15) is 30.5 Å². The number of likely N-dealkylation sites (tertiary alicyclic amines) is 1. The molecule has 2 aliphatic heterocycles. The Labute approximate surface area is 221 Å². The SMILES string of the molecule is COc1ccc(Cl)cc1NC(=O)CN1CCc2nc3ccccc3c(NCC(=O)N3CCCCC3)c2C1. The molecule has 1 aromatic heterocycles. The Morgan fingerprint density at radius 1 is 1.08 bits per heavy atom. The second-order valence-corrected chi connectivity index (χ2v) is 10.0. The van der Waals surface area contributed by atoms with Crippen LogP contribution in [0.4, 0.5) is 11.4 Å². The number of carbonyl (C=O) groups is 2. The number of amides is 2. The summed E-state index contributed by atoms with van der Waals surface area (Å²) in [6.45, 7) is 3.40. The van der Waals surface area contributed by atoms with Gasteiger partial charge in [0.1, 0.15) is 5.75 Å². The number of pyridine rings is 1. The van der Waals surface area contributed by atoms with Gasteiger partial charge in [-0.3, -0.25) is 19.5 Å². The molecular formula is C28H32ClN5O3. The molecule has 5 rings (SSSR count). The van der Waals surface area contributed by atoms with Crippen LogP contribution in [0.25, 0.3) is 10.9 Å². The highest BCUT2D eigenvalue weighted by atomic mass is 35.5. The number of anilines is 2. The lowest BCUT2D eigenvalue weighted by Crippen LogP contribution is -2.40. The minimum Gasteiger partial charge on any atom is -0.495 e. The van der Waals surface area contributed by atoms with Gasteiger partial charge in [0, 0.05) is 54.3 Å². The number of ether oxygens (including phenoxy) is 1. The number of hydrogen-bond donors (Lipinski definition) is 2. The number of benzene rings is 2. The Balaban J connectivity index is 1.33. The number of para-hydroxylation sites is 1. The summed E-state index contributed by atoms with van der Waals surface area (Å²) in [6, 6.07) is 13.1. The van der Waals surface area contributed by atoms with Crippen LogP contribution in [-0.4, -0.2) is 66.4 Å². The second-order valence-electron chi connectivity index (χ2n) is 9.58. The molecule has 0 atom stereocenters. The van der Waals surface area contributed by atoms with E-state index in [0.29, 0.717) is 29.5 Å². The Hall–Kier alpha value is -3.36. The van der Waals surface area contributed by atoms with E-state index in [1.165, 1.54) is 6.42 Å². The first-order chi connectivity index (χ1) is 18.0. The molecule has 1 saturated heterocycles. The van der Waals surface area contributed by atoms with Gasteiger partial charge < -0.3 is 20.3 Å². The number of aromatic nitrogens is 1. The number of carbonyl (C=O) groups excluding carboxylic acids is 2. The Bertz CT molecular complexity index is 1310. The summed E-state index contributed by atoms with van der Waals surface area (Å²) in [7, 11) is 1.56. The molecule has 0 saturated carbocycles. The number of fused-ring (bicyclic) bond motifs is 2. The zero-order valence-electron chi connectivity index (χ0n) is 21.1. The van der Waals surface area contributed by atoms with E-state index in [1.54, 1.807) is 25.3 Å². The van der Waals surface area contributed by atoms with Crippen molar-refractivity contribution in [3.63, 3.8) is 0 Å². The van der Waals surface area contributed by atoms with Crippen molar-refractivity contribution in [3.05, 3.63) is 58.7 Å². The predicted molar refractivity (Wildman–Crippen MR) is 146 cm³/mol. The van der Waals surface area contributed by atoms with E-state index in [4.69, 9.17) is 21.3 Å². The molecule has 0 unspecified atom stereocenters. The molecule has 2 N–H and O–H groups in total. The molecule has 37 heavy (non-hydrogen) atoms.